The standard InChI is InChI=1S/C31H28F4N4O5S/c32-23-9-16(29(42)36-13-25(40)41)10-24-27(23)37-30(45-24)39-17-7-8-18(39)12-19(11-17)43-14-21-26(38-44-28(21)15-5-6-15)20-3-1-2-4-22(20)31(33,34)35/h1-4,9-10,15,17-19H,5-8,11-14H2,(H,36,42)(H,40,41). The van der Waals surface area contributed by atoms with Crippen LogP contribution in [0.2, 0.25) is 0 Å². The van der Waals surface area contributed by atoms with Gasteiger partial charge in [-0.05, 0) is 56.7 Å². The number of hydrogen-bond acceptors (Lipinski definition) is 8. The van der Waals surface area contributed by atoms with Crippen molar-refractivity contribution in [2.75, 3.05) is 11.4 Å². The predicted molar refractivity (Wildman–Crippen MR) is 156 cm³/mol. The highest BCUT2D eigenvalue weighted by molar-refractivity contribution is 7.22. The zero-order valence-electron chi connectivity index (χ0n) is 23.8. The number of anilines is 1. The summed E-state index contributed by atoms with van der Waals surface area (Å²) in [6, 6.07) is 8.08. The second-order valence-corrected chi connectivity index (χ2v) is 12.8. The summed E-state index contributed by atoms with van der Waals surface area (Å²) >= 11 is 1.27. The van der Waals surface area contributed by atoms with Gasteiger partial charge < -0.3 is 24.6 Å². The average Bonchev–Trinajstić information content (AvgIpc) is 3.51. The Balaban J connectivity index is 1.08. The van der Waals surface area contributed by atoms with E-state index in [-0.39, 0.29) is 53.0 Å². The Morgan fingerprint density at radius 2 is 1.84 bits per heavy atom. The van der Waals surface area contributed by atoms with E-state index in [0.29, 0.717) is 34.0 Å². The first kappa shape index (κ1) is 29.7. The molecule has 2 unspecified atom stereocenters. The number of benzene rings is 2. The van der Waals surface area contributed by atoms with Crippen LogP contribution in [-0.4, -0.2) is 51.9 Å². The number of carbonyl (C=O) groups excluding carboxylic acids is 1. The number of thiazole rings is 1. The molecule has 2 N–H and O–H groups in total. The summed E-state index contributed by atoms with van der Waals surface area (Å²) < 4.78 is 68.9. The van der Waals surface area contributed by atoms with Gasteiger partial charge in [0.1, 0.15) is 23.5 Å². The van der Waals surface area contributed by atoms with E-state index in [1.165, 1.54) is 29.5 Å². The molecular weight excluding hydrogens is 616 g/mol. The van der Waals surface area contributed by atoms with Gasteiger partial charge in [0.2, 0.25) is 0 Å². The first-order valence-corrected chi connectivity index (χ1v) is 15.5. The number of aliphatic carboxylic acids is 1. The first-order chi connectivity index (χ1) is 21.6. The Morgan fingerprint density at radius 3 is 2.53 bits per heavy atom. The topological polar surface area (TPSA) is 118 Å². The molecule has 2 aromatic heterocycles. The van der Waals surface area contributed by atoms with Crippen molar-refractivity contribution in [3.05, 3.63) is 64.7 Å². The highest BCUT2D eigenvalue weighted by Gasteiger charge is 2.43. The fourth-order valence-electron chi connectivity index (χ4n) is 6.53. The fraction of sp³-hybridized carbons (Fsp3) is 0.419. The van der Waals surface area contributed by atoms with E-state index in [1.54, 1.807) is 6.07 Å². The zero-order chi connectivity index (χ0) is 31.5. The van der Waals surface area contributed by atoms with Crippen molar-refractivity contribution in [2.45, 2.75) is 75.4 Å². The molecular formula is C31H28F4N4O5S. The van der Waals surface area contributed by atoms with E-state index >= 15 is 0 Å². The number of aromatic nitrogens is 2. The molecule has 14 heteroatoms. The van der Waals surface area contributed by atoms with Crippen molar-refractivity contribution >= 4 is 38.6 Å². The number of alkyl halides is 3. The number of halogens is 4. The fourth-order valence-corrected chi connectivity index (χ4v) is 7.69. The third-order valence-corrected chi connectivity index (χ3v) is 9.74. The number of carbonyl (C=O) groups is 2. The number of piperidine rings is 1. The number of carboxylic acid groups (broad SMARTS) is 1. The minimum Gasteiger partial charge on any atom is -0.480 e. The quantitative estimate of drug-likeness (QED) is 0.198. The molecule has 2 atom stereocenters. The summed E-state index contributed by atoms with van der Waals surface area (Å²) in [5.74, 6) is -1.83. The van der Waals surface area contributed by atoms with Crippen LogP contribution >= 0.6 is 11.3 Å². The normalized spacial score (nSPS) is 21.4. The molecule has 1 aliphatic carbocycles. The number of amides is 1. The molecule has 0 spiro atoms. The lowest BCUT2D eigenvalue weighted by Gasteiger charge is -2.38. The van der Waals surface area contributed by atoms with Crippen LogP contribution in [0.15, 0.2) is 40.9 Å². The molecule has 4 heterocycles. The van der Waals surface area contributed by atoms with Gasteiger partial charge in [-0.3, -0.25) is 9.59 Å². The molecule has 2 saturated heterocycles. The number of nitrogens with zero attached hydrogens (tertiary/aromatic N) is 3. The zero-order valence-corrected chi connectivity index (χ0v) is 24.6. The Hall–Kier alpha value is -4.04. The molecule has 9 nitrogen and oxygen atoms in total. The Labute approximate surface area is 258 Å². The third kappa shape index (κ3) is 5.76. The Kier molecular flexibility index (Phi) is 7.51. The van der Waals surface area contributed by atoms with Crippen molar-refractivity contribution in [2.24, 2.45) is 0 Å². The van der Waals surface area contributed by atoms with Crippen LogP contribution < -0.4 is 10.2 Å². The maximum Gasteiger partial charge on any atom is 0.417 e. The molecule has 7 rings (SSSR count). The number of carboxylic acids is 1. The predicted octanol–water partition coefficient (Wildman–Crippen LogP) is 6.52. The van der Waals surface area contributed by atoms with Gasteiger partial charge in [0.25, 0.3) is 5.91 Å². The summed E-state index contributed by atoms with van der Waals surface area (Å²) in [7, 11) is 0. The van der Waals surface area contributed by atoms with Crippen LogP contribution in [0, 0.1) is 5.82 Å². The number of nitrogens with one attached hydrogen (secondary N) is 1. The van der Waals surface area contributed by atoms with Gasteiger partial charge in [-0.25, -0.2) is 9.37 Å². The molecule has 4 aromatic rings. The van der Waals surface area contributed by atoms with Crippen molar-refractivity contribution in [1.82, 2.24) is 15.5 Å². The van der Waals surface area contributed by atoms with Crippen molar-refractivity contribution in [3.8, 4) is 11.3 Å². The van der Waals surface area contributed by atoms with Gasteiger partial charge in [0, 0.05) is 34.7 Å². The number of hydrogen-bond donors (Lipinski definition) is 2. The number of fused-ring (bicyclic) bond motifs is 3. The van der Waals surface area contributed by atoms with E-state index in [2.05, 4.69) is 20.4 Å². The maximum atomic E-state index is 15.0. The minimum atomic E-state index is -4.54. The molecule has 3 aliphatic rings. The molecule has 0 radical (unpaired) electrons. The lowest BCUT2D eigenvalue weighted by atomic mass is 9.98. The summed E-state index contributed by atoms with van der Waals surface area (Å²) in [5, 5.41) is 15.8. The van der Waals surface area contributed by atoms with E-state index in [1.807, 2.05) is 0 Å². The SMILES string of the molecule is O=C(O)CNC(=O)c1cc(F)c2nc(N3C4CCC3CC(OCc3c(-c5ccccc5C(F)(F)F)noc3C3CC3)C4)sc2c1. The van der Waals surface area contributed by atoms with Gasteiger partial charge in [-0.1, -0.05) is 34.7 Å². The number of ether oxygens (including phenoxy) is 1. The Bertz CT molecular complexity index is 1770. The van der Waals surface area contributed by atoms with Crippen LogP contribution in [-0.2, 0) is 22.3 Å². The minimum absolute atomic E-state index is 0.0167. The average molecular weight is 645 g/mol. The lowest BCUT2D eigenvalue weighted by Crippen LogP contribution is -2.45. The highest BCUT2D eigenvalue weighted by atomic mass is 32.1. The summed E-state index contributed by atoms with van der Waals surface area (Å²) in [6.07, 6.45) is 0.184. The van der Waals surface area contributed by atoms with E-state index < -0.39 is 36.0 Å². The van der Waals surface area contributed by atoms with Crippen molar-refractivity contribution < 1.29 is 41.5 Å². The molecule has 236 valence electrons. The molecule has 2 bridgehead atoms. The molecule has 2 aliphatic heterocycles. The summed E-state index contributed by atoms with van der Waals surface area (Å²) in [4.78, 5) is 29.9. The monoisotopic (exact) mass is 644 g/mol. The van der Waals surface area contributed by atoms with Crippen molar-refractivity contribution in [1.29, 1.82) is 0 Å². The second kappa shape index (κ2) is 11.4. The Morgan fingerprint density at radius 1 is 1.11 bits per heavy atom. The van der Waals surface area contributed by atoms with E-state index in [0.717, 1.165) is 37.8 Å². The molecule has 2 aromatic carbocycles. The molecule has 1 saturated carbocycles. The largest absolute Gasteiger partial charge is 0.480 e. The number of rotatable bonds is 9. The van der Waals surface area contributed by atoms with Gasteiger partial charge >= 0.3 is 12.1 Å². The molecule has 1 amide bonds. The van der Waals surface area contributed by atoms with Gasteiger partial charge in [0.15, 0.2) is 10.9 Å². The van der Waals surface area contributed by atoms with Crippen LogP contribution in [0.1, 0.15) is 71.7 Å². The summed E-state index contributed by atoms with van der Waals surface area (Å²) in [6.45, 7) is -0.492. The molecule has 3 fully saturated rings. The van der Waals surface area contributed by atoms with Crippen LogP contribution in [0.25, 0.3) is 21.5 Å². The van der Waals surface area contributed by atoms with E-state index in [4.69, 9.17) is 14.4 Å². The third-order valence-electron chi connectivity index (χ3n) is 8.73. The van der Waals surface area contributed by atoms with Gasteiger partial charge in [-0.15, -0.1) is 0 Å². The maximum absolute atomic E-state index is 15.0. The smallest absolute Gasteiger partial charge is 0.417 e. The summed E-state index contributed by atoms with van der Waals surface area (Å²) in [5.41, 5.74) is 0.0946. The first-order valence-electron chi connectivity index (χ1n) is 14.7. The van der Waals surface area contributed by atoms with Gasteiger partial charge in [-0.2, -0.15) is 13.2 Å². The highest BCUT2D eigenvalue weighted by Crippen LogP contribution is 2.47. The van der Waals surface area contributed by atoms with Gasteiger partial charge in [0.05, 0.1) is 23.0 Å². The van der Waals surface area contributed by atoms with Crippen LogP contribution in [0.4, 0.5) is 22.7 Å². The molecule has 45 heavy (non-hydrogen) atoms. The second-order valence-electron chi connectivity index (χ2n) is 11.8. The van der Waals surface area contributed by atoms with Crippen LogP contribution in [0.3, 0.4) is 0 Å². The lowest BCUT2D eigenvalue weighted by molar-refractivity contribution is -0.137. The van der Waals surface area contributed by atoms with Crippen LogP contribution in [0.5, 0.6) is 0 Å². The van der Waals surface area contributed by atoms with E-state index in [9.17, 15) is 27.2 Å². The van der Waals surface area contributed by atoms with Crippen molar-refractivity contribution in [3.63, 3.8) is 0 Å².